The number of alkyl halides is 1. The number of allylic oxidation sites excluding steroid dienone is 3. The third kappa shape index (κ3) is 4.58. The van der Waals surface area contributed by atoms with Gasteiger partial charge in [-0.15, -0.1) is 11.6 Å². The zero-order valence-electron chi connectivity index (χ0n) is 17.2. The smallest absolute Gasteiger partial charge is 0.247 e. The number of carbonyl (C=O) groups excluding carboxylic acids is 1. The number of nitrogens with zero attached hydrogens (tertiary/aromatic N) is 1. The number of ether oxygens (including phenoxy) is 1. The Balaban J connectivity index is 1.49. The van der Waals surface area contributed by atoms with Crippen LogP contribution in [-0.2, 0) is 9.53 Å². The van der Waals surface area contributed by atoms with Crippen LogP contribution >= 0.6 is 23.2 Å². The molecule has 1 heterocycles. The SMILES string of the molecule is COCCNC(=O)C1=CC=C(C(O)Nc2ccc(Cl)c(C3=NC=CCC3)c2)C2(Cl)CC12. The van der Waals surface area contributed by atoms with E-state index in [1.165, 1.54) is 0 Å². The Morgan fingerprint density at radius 3 is 3.00 bits per heavy atom. The largest absolute Gasteiger partial charge is 0.383 e. The summed E-state index contributed by atoms with van der Waals surface area (Å²) in [6, 6.07) is 5.50. The van der Waals surface area contributed by atoms with E-state index < -0.39 is 11.1 Å². The Morgan fingerprint density at radius 1 is 1.42 bits per heavy atom. The number of hydrogen-bond acceptors (Lipinski definition) is 5. The average molecular weight is 462 g/mol. The number of carbonyl (C=O) groups is 1. The molecule has 6 nitrogen and oxygen atoms in total. The molecule has 1 saturated carbocycles. The van der Waals surface area contributed by atoms with Gasteiger partial charge in [-0.25, -0.2) is 0 Å². The molecule has 31 heavy (non-hydrogen) atoms. The molecule has 0 saturated heterocycles. The van der Waals surface area contributed by atoms with Gasteiger partial charge in [-0.2, -0.15) is 0 Å². The van der Waals surface area contributed by atoms with Gasteiger partial charge in [0.1, 0.15) is 6.23 Å². The number of aliphatic imine (C=N–C) groups is 1. The highest BCUT2D eigenvalue weighted by atomic mass is 35.5. The highest BCUT2D eigenvalue weighted by Crippen LogP contribution is 2.60. The molecule has 0 radical (unpaired) electrons. The molecular weight excluding hydrogens is 437 g/mol. The molecule has 1 fully saturated rings. The Hall–Kier alpha value is -2.12. The van der Waals surface area contributed by atoms with Crippen LogP contribution < -0.4 is 10.6 Å². The number of nitrogens with one attached hydrogen (secondary N) is 2. The number of aliphatic hydroxyl groups is 1. The van der Waals surface area contributed by atoms with Crippen molar-refractivity contribution in [3.05, 3.63) is 64.4 Å². The molecule has 164 valence electrons. The van der Waals surface area contributed by atoms with E-state index in [0.29, 0.717) is 35.7 Å². The first-order valence-corrected chi connectivity index (χ1v) is 11.0. The number of rotatable bonds is 8. The lowest BCUT2D eigenvalue weighted by Gasteiger charge is -2.25. The fourth-order valence-corrected chi connectivity index (χ4v) is 4.71. The predicted octanol–water partition coefficient (Wildman–Crippen LogP) is 3.79. The van der Waals surface area contributed by atoms with Crippen molar-refractivity contribution in [2.24, 2.45) is 10.9 Å². The molecular formula is C23H25Cl2N3O3. The van der Waals surface area contributed by atoms with Gasteiger partial charge in [0, 0.05) is 53.3 Å². The lowest BCUT2D eigenvalue weighted by atomic mass is 9.96. The maximum atomic E-state index is 12.4. The monoisotopic (exact) mass is 461 g/mol. The van der Waals surface area contributed by atoms with Crippen LogP contribution in [0, 0.1) is 5.92 Å². The van der Waals surface area contributed by atoms with Crippen LogP contribution in [0.3, 0.4) is 0 Å². The van der Waals surface area contributed by atoms with Crippen LogP contribution in [0.2, 0.25) is 5.02 Å². The molecule has 3 unspecified atom stereocenters. The first kappa shape index (κ1) is 22.1. The van der Waals surface area contributed by atoms with Crippen LogP contribution in [0.25, 0.3) is 0 Å². The second-order valence-corrected chi connectivity index (χ2v) is 8.93. The minimum Gasteiger partial charge on any atom is -0.383 e. The van der Waals surface area contributed by atoms with Gasteiger partial charge in [-0.1, -0.05) is 29.8 Å². The van der Waals surface area contributed by atoms with Crippen molar-refractivity contribution in [3.63, 3.8) is 0 Å². The van der Waals surface area contributed by atoms with Crippen molar-refractivity contribution in [1.82, 2.24) is 5.32 Å². The van der Waals surface area contributed by atoms with Gasteiger partial charge in [-0.3, -0.25) is 9.79 Å². The van der Waals surface area contributed by atoms with Gasteiger partial charge in [0.05, 0.1) is 11.5 Å². The van der Waals surface area contributed by atoms with E-state index in [4.69, 9.17) is 27.9 Å². The van der Waals surface area contributed by atoms with Gasteiger partial charge < -0.3 is 20.5 Å². The molecule has 8 heteroatoms. The summed E-state index contributed by atoms with van der Waals surface area (Å²) in [6.07, 6.45) is 8.66. The van der Waals surface area contributed by atoms with E-state index in [9.17, 15) is 9.90 Å². The summed E-state index contributed by atoms with van der Waals surface area (Å²) < 4.78 is 4.96. The quantitative estimate of drug-likeness (QED) is 0.312. The van der Waals surface area contributed by atoms with Crippen LogP contribution in [-0.4, -0.2) is 48.1 Å². The lowest BCUT2D eigenvalue weighted by molar-refractivity contribution is -0.118. The number of halogens is 2. The summed E-state index contributed by atoms with van der Waals surface area (Å²) in [6.45, 7) is 0.890. The third-order valence-corrected chi connectivity index (χ3v) is 6.77. The molecule has 3 atom stereocenters. The number of aliphatic hydroxyl groups excluding tert-OH is 1. The number of fused-ring (bicyclic) bond motifs is 1. The van der Waals surface area contributed by atoms with Crippen LogP contribution in [0.15, 0.2) is 58.8 Å². The van der Waals surface area contributed by atoms with E-state index in [1.54, 1.807) is 31.5 Å². The molecule has 2 aliphatic carbocycles. The van der Waals surface area contributed by atoms with Gasteiger partial charge in [0.25, 0.3) is 0 Å². The van der Waals surface area contributed by atoms with Crippen molar-refractivity contribution in [1.29, 1.82) is 0 Å². The number of hydrogen-bond donors (Lipinski definition) is 3. The summed E-state index contributed by atoms with van der Waals surface area (Å²) in [5.74, 6) is -0.260. The van der Waals surface area contributed by atoms with Gasteiger partial charge in [0.2, 0.25) is 5.91 Å². The highest BCUT2D eigenvalue weighted by molar-refractivity contribution is 6.34. The van der Waals surface area contributed by atoms with E-state index in [-0.39, 0.29) is 11.8 Å². The zero-order valence-corrected chi connectivity index (χ0v) is 18.7. The highest BCUT2D eigenvalue weighted by Gasteiger charge is 2.60. The Kier molecular flexibility index (Phi) is 6.53. The Bertz CT molecular complexity index is 1000. The molecule has 0 spiro atoms. The zero-order chi connectivity index (χ0) is 22.0. The van der Waals surface area contributed by atoms with Crippen LogP contribution in [0.1, 0.15) is 24.8 Å². The normalized spacial score (nSPS) is 25.0. The summed E-state index contributed by atoms with van der Waals surface area (Å²) in [7, 11) is 1.59. The molecule has 0 bridgehead atoms. The molecule has 4 rings (SSSR count). The van der Waals surface area contributed by atoms with Crippen molar-refractivity contribution >= 4 is 40.5 Å². The van der Waals surface area contributed by atoms with Crippen LogP contribution in [0.5, 0.6) is 0 Å². The fourth-order valence-electron chi connectivity index (χ4n) is 4.05. The number of benzene rings is 1. The molecule has 1 aromatic carbocycles. The van der Waals surface area contributed by atoms with Crippen molar-refractivity contribution < 1.29 is 14.6 Å². The van der Waals surface area contributed by atoms with Crippen molar-refractivity contribution in [2.45, 2.75) is 30.4 Å². The Morgan fingerprint density at radius 2 is 2.26 bits per heavy atom. The minimum absolute atomic E-state index is 0.114. The maximum absolute atomic E-state index is 12.4. The summed E-state index contributed by atoms with van der Waals surface area (Å²) in [4.78, 5) is 16.1. The second-order valence-electron chi connectivity index (χ2n) is 7.85. The summed E-state index contributed by atoms with van der Waals surface area (Å²) in [5, 5.41) is 17.4. The van der Waals surface area contributed by atoms with E-state index in [1.807, 2.05) is 18.2 Å². The van der Waals surface area contributed by atoms with Gasteiger partial charge >= 0.3 is 0 Å². The van der Waals surface area contributed by atoms with Crippen molar-refractivity contribution in [3.8, 4) is 0 Å². The average Bonchev–Trinajstić information content (AvgIpc) is 3.47. The fraction of sp³-hybridized carbons (Fsp3) is 0.391. The van der Waals surface area contributed by atoms with Gasteiger partial charge in [0.15, 0.2) is 0 Å². The van der Waals surface area contributed by atoms with Gasteiger partial charge in [-0.05, 0) is 43.0 Å². The third-order valence-electron chi connectivity index (χ3n) is 5.80. The predicted molar refractivity (Wildman–Crippen MR) is 124 cm³/mol. The molecule has 1 amide bonds. The second kappa shape index (κ2) is 9.17. The summed E-state index contributed by atoms with van der Waals surface area (Å²) >= 11 is 13.2. The first-order chi connectivity index (χ1) is 14.9. The van der Waals surface area contributed by atoms with E-state index >= 15 is 0 Å². The maximum Gasteiger partial charge on any atom is 0.247 e. The number of anilines is 1. The molecule has 1 aromatic rings. The number of amides is 1. The molecule has 0 aromatic heterocycles. The summed E-state index contributed by atoms with van der Waals surface area (Å²) in [5.41, 5.74) is 3.78. The molecule has 3 N–H and O–H groups in total. The van der Waals surface area contributed by atoms with Crippen LogP contribution in [0.4, 0.5) is 5.69 Å². The van der Waals surface area contributed by atoms with E-state index in [0.717, 1.165) is 29.8 Å². The van der Waals surface area contributed by atoms with Crippen molar-refractivity contribution in [2.75, 3.05) is 25.6 Å². The lowest BCUT2D eigenvalue weighted by Crippen LogP contribution is -2.34. The number of methoxy groups -OCH3 is 1. The van der Waals surface area contributed by atoms with E-state index in [2.05, 4.69) is 15.6 Å². The molecule has 1 aliphatic heterocycles. The topological polar surface area (TPSA) is 83.0 Å². The first-order valence-electron chi connectivity index (χ1n) is 10.3. The Labute approximate surface area is 191 Å². The standard InChI is InChI=1S/C23H25Cl2N3O3/c1-31-11-10-27-21(29)15-6-7-17(23(25)13-18(15)23)22(30)28-14-5-8-19(24)16(12-14)20-4-2-3-9-26-20/h3,5-9,12,18,22,28,30H,2,4,10-11,13H2,1H3,(H,27,29). The molecule has 3 aliphatic rings. The minimum atomic E-state index is -0.987.